The first-order valence-electron chi connectivity index (χ1n) is 10.4. The predicted octanol–water partition coefficient (Wildman–Crippen LogP) is 5.00. The van der Waals surface area contributed by atoms with Crippen LogP contribution in [0.5, 0.6) is 11.5 Å². The van der Waals surface area contributed by atoms with Crippen LogP contribution in [-0.4, -0.2) is 19.1 Å². The van der Waals surface area contributed by atoms with Crippen molar-refractivity contribution in [2.75, 3.05) is 7.11 Å². The minimum absolute atomic E-state index is 0.00763. The lowest BCUT2D eigenvalue weighted by atomic mass is 9.88. The van der Waals surface area contributed by atoms with Gasteiger partial charge in [-0.3, -0.25) is 4.79 Å². The first-order valence-corrected chi connectivity index (χ1v) is 10.4. The molecule has 2 aromatic carbocycles. The molecule has 4 nitrogen and oxygen atoms in total. The lowest BCUT2D eigenvalue weighted by Gasteiger charge is -2.24. The molecule has 1 aliphatic rings. The van der Waals surface area contributed by atoms with Gasteiger partial charge in [0, 0.05) is 0 Å². The van der Waals surface area contributed by atoms with Crippen LogP contribution in [0.15, 0.2) is 42.5 Å². The molecule has 0 aliphatic heterocycles. The van der Waals surface area contributed by atoms with Gasteiger partial charge in [0.2, 0.25) is 0 Å². The zero-order valence-corrected chi connectivity index (χ0v) is 17.2. The molecule has 2 aromatic rings. The molecule has 0 heterocycles. The molecule has 0 aromatic heterocycles. The van der Waals surface area contributed by atoms with Crippen LogP contribution in [0.2, 0.25) is 0 Å². The summed E-state index contributed by atoms with van der Waals surface area (Å²) in [5.74, 6) is 1.37. The van der Waals surface area contributed by atoms with Crippen molar-refractivity contribution in [3.8, 4) is 11.5 Å². The third-order valence-electron chi connectivity index (χ3n) is 5.50. The van der Waals surface area contributed by atoms with E-state index in [1.807, 2.05) is 31.2 Å². The summed E-state index contributed by atoms with van der Waals surface area (Å²) in [6, 6.07) is 14.0. The monoisotopic (exact) mass is 381 g/mol. The zero-order valence-electron chi connectivity index (χ0n) is 17.2. The van der Waals surface area contributed by atoms with E-state index in [1.165, 1.54) is 36.0 Å². The average molecular weight is 382 g/mol. The Balaban J connectivity index is 1.67. The molecule has 2 atom stereocenters. The highest BCUT2D eigenvalue weighted by atomic mass is 16.5. The number of rotatable bonds is 8. The van der Waals surface area contributed by atoms with Crippen LogP contribution >= 0.6 is 0 Å². The van der Waals surface area contributed by atoms with Crippen molar-refractivity contribution in [3.05, 3.63) is 59.2 Å². The third kappa shape index (κ3) is 4.86. The van der Waals surface area contributed by atoms with Crippen LogP contribution in [0.25, 0.3) is 0 Å². The molecule has 1 aliphatic carbocycles. The van der Waals surface area contributed by atoms with Gasteiger partial charge in [-0.25, -0.2) is 0 Å². The van der Waals surface area contributed by atoms with Crippen molar-refractivity contribution < 1.29 is 14.3 Å². The standard InChI is InChI=1S/C24H31NO3/c1-4-22(19-11-10-17-8-6-7-9-18(17)16-19)25-24(26)23(5-2)28-21-14-12-20(27-3)13-15-21/h10-16,22-23H,4-9H2,1-3H3,(H,25,26)/t22-,23+/m0/s1. The molecule has 3 rings (SSSR count). The highest BCUT2D eigenvalue weighted by Crippen LogP contribution is 2.26. The SMILES string of the molecule is CC[C@H](NC(=O)[C@@H](CC)Oc1ccc(OC)cc1)c1ccc2c(c1)CCCC2. The minimum atomic E-state index is -0.514. The Morgan fingerprint density at radius 1 is 0.964 bits per heavy atom. The highest BCUT2D eigenvalue weighted by Gasteiger charge is 2.22. The number of carbonyl (C=O) groups excluding carboxylic acids is 1. The van der Waals surface area contributed by atoms with E-state index in [0.717, 1.165) is 18.6 Å². The molecule has 0 bridgehead atoms. The molecule has 150 valence electrons. The average Bonchev–Trinajstić information content (AvgIpc) is 2.75. The Morgan fingerprint density at radius 3 is 2.29 bits per heavy atom. The lowest BCUT2D eigenvalue weighted by molar-refractivity contribution is -0.128. The molecule has 0 spiro atoms. The summed E-state index contributed by atoms with van der Waals surface area (Å²) in [6.45, 7) is 4.07. The first-order chi connectivity index (χ1) is 13.6. The van der Waals surface area contributed by atoms with E-state index < -0.39 is 6.10 Å². The van der Waals surface area contributed by atoms with Gasteiger partial charge in [0.05, 0.1) is 13.2 Å². The number of nitrogens with one attached hydrogen (secondary N) is 1. The predicted molar refractivity (Wildman–Crippen MR) is 112 cm³/mol. The van der Waals surface area contributed by atoms with Gasteiger partial charge in [-0.15, -0.1) is 0 Å². The maximum atomic E-state index is 12.9. The number of ether oxygens (including phenoxy) is 2. The quantitative estimate of drug-likeness (QED) is 0.700. The van der Waals surface area contributed by atoms with Gasteiger partial charge in [-0.2, -0.15) is 0 Å². The second-order valence-electron chi connectivity index (χ2n) is 7.39. The zero-order chi connectivity index (χ0) is 19.9. The smallest absolute Gasteiger partial charge is 0.261 e. The lowest BCUT2D eigenvalue weighted by Crippen LogP contribution is -2.40. The molecule has 0 unspecified atom stereocenters. The molecule has 0 radical (unpaired) electrons. The normalized spacial score (nSPS) is 15.2. The molecule has 4 heteroatoms. The molecular weight excluding hydrogens is 350 g/mol. The Morgan fingerprint density at radius 2 is 1.64 bits per heavy atom. The molecule has 1 amide bonds. The fraction of sp³-hybridized carbons (Fsp3) is 0.458. The Hall–Kier alpha value is -2.49. The molecule has 0 saturated heterocycles. The van der Waals surface area contributed by atoms with Crippen LogP contribution in [0.4, 0.5) is 0 Å². The summed E-state index contributed by atoms with van der Waals surface area (Å²) in [5.41, 5.74) is 4.10. The van der Waals surface area contributed by atoms with E-state index >= 15 is 0 Å². The van der Waals surface area contributed by atoms with Crippen molar-refractivity contribution in [3.63, 3.8) is 0 Å². The second-order valence-corrected chi connectivity index (χ2v) is 7.39. The molecule has 28 heavy (non-hydrogen) atoms. The van der Waals surface area contributed by atoms with E-state index in [0.29, 0.717) is 12.2 Å². The van der Waals surface area contributed by atoms with E-state index in [2.05, 4.69) is 30.4 Å². The minimum Gasteiger partial charge on any atom is -0.497 e. The van der Waals surface area contributed by atoms with Gasteiger partial charge in [-0.05, 0) is 79.5 Å². The van der Waals surface area contributed by atoms with E-state index in [9.17, 15) is 4.79 Å². The highest BCUT2D eigenvalue weighted by molar-refractivity contribution is 5.81. The van der Waals surface area contributed by atoms with E-state index in [-0.39, 0.29) is 11.9 Å². The summed E-state index contributed by atoms with van der Waals surface area (Å²) in [6.07, 6.45) is 5.80. The van der Waals surface area contributed by atoms with Gasteiger partial charge < -0.3 is 14.8 Å². The number of benzene rings is 2. The van der Waals surface area contributed by atoms with Crippen LogP contribution in [-0.2, 0) is 17.6 Å². The summed E-state index contributed by atoms with van der Waals surface area (Å²) in [4.78, 5) is 12.9. The van der Waals surface area contributed by atoms with Gasteiger partial charge in [0.15, 0.2) is 6.10 Å². The number of aryl methyl sites for hydroxylation is 2. The fourth-order valence-electron chi connectivity index (χ4n) is 3.80. The largest absolute Gasteiger partial charge is 0.497 e. The van der Waals surface area contributed by atoms with Gasteiger partial charge >= 0.3 is 0 Å². The van der Waals surface area contributed by atoms with Gasteiger partial charge in [0.25, 0.3) is 5.91 Å². The van der Waals surface area contributed by atoms with Crippen LogP contribution in [0, 0.1) is 0 Å². The van der Waals surface area contributed by atoms with Crippen LogP contribution in [0.3, 0.4) is 0 Å². The third-order valence-corrected chi connectivity index (χ3v) is 5.50. The molecule has 1 N–H and O–H groups in total. The van der Waals surface area contributed by atoms with Crippen molar-refractivity contribution >= 4 is 5.91 Å². The van der Waals surface area contributed by atoms with Crippen molar-refractivity contribution in [1.29, 1.82) is 0 Å². The summed E-state index contributed by atoms with van der Waals surface area (Å²) in [7, 11) is 1.63. The van der Waals surface area contributed by atoms with Crippen LogP contribution < -0.4 is 14.8 Å². The maximum absolute atomic E-state index is 12.9. The van der Waals surface area contributed by atoms with Crippen molar-refractivity contribution in [2.24, 2.45) is 0 Å². The molecule has 0 saturated carbocycles. The number of hydrogen-bond acceptors (Lipinski definition) is 3. The van der Waals surface area contributed by atoms with Gasteiger partial charge in [0.1, 0.15) is 11.5 Å². The number of methoxy groups -OCH3 is 1. The van der Waals surface area contributed by atoms with E-state index in [4.69, 9.17) is 9.47 Å². The second kappa shape index (κ2) is 9.63. The maximum Gasteiger partial charge on any atom is 0.261 e. The van der Waals surface area contributed by atoms with E-state index in [1.54, 1.807) is 7.11 Å². The summed E-state index contributed by atoms with van der Waals surface area (Å²) in [5, 5.41) is 3.19. The Bertz CT molecular complexity index is 785. The number of carbonyl (C=O) groups is 1. The van der Waals surface area contributed by atoms with Crippen LogP contribution in [0.1, 0.15) is 62.3 Å². The Labute approximate surface area is 168 Å². The summed E-state index contributed by atoms with van der Waals surface area (Å²) < 4.78 is 11.1. The van der Waals surface area contributed by atoms with Crippen molar-refractivity contribution in [1.82, 2.24) is 5.32 Å². The number of fused-ring (bicyclic) bond motifs is 1. The Kier molecular flexibility index (Phi) is 6.96. The van der Waals surface area contributed by atoms with Crippen molar-refractivity contribution in [2.45, 2.75) is 64.5 Å². The first kappa shape index (κ1) is 20.2. The molecular formula is C24H31NO3. The molecule has 0 fully saturated rings. The summed E-state index contributed by atoms with van der Waals surface area (Å²) >= 11 is 0. The van der Waals surface area contributed by atoms with Gasteiger partial charge in [-0.1, -0.05) is 32.0 Å². The fourth-order valence-corrected chi connectivity index (χ4v) is 3.80. The topological polar surface area (TPSA) is 47.6 Å². The number of amides is 1. The number of hydrogen-bond donors (Lipinski definition) is 1.